The predicted octanol–water partition coefficient (Wildman–Crippen LogP) is 3.33. The fourth-order valence-corrected chi connectivity index (χ4v) is 1.95. The van der Waals surface area contributed by atoms with Crippen molar-refractivity contribution in [2.75, 3.05) is 5.32 Å². The van der Waals surface area contributed by atoms with Gasteiger partial charge in [0, 0.05) is 22.1 Å². The van der Waals surface area contributed by atoms with Crippen molar-refractivity contribution in [3.63, 3.8) is 0 Å². The number of anilines is 1. The molecule has 0 aliphatic rings. The van der Waals surface area contributed by atoms with Crippen LogP contribution in [-0.2, 0) is 11.2 Å². The second-order valence-electron chi connectivity index (χ2n) is 4.01. The first-order valence-electron chi connectivity index (χ1n) is 5.61. The lowest BCUT2D eigenvalue weighted by molar-refractivity contribution is -0.115. The first-order chi connectivity index (χ1) is 8.65. The second kappa shape index (κ2) is 5.78. The summed E-state index contributed by atoms with van der Waals surface area (Å²) in [5.74, 6) is -0.0603. The van der Waals surface area contributed by atoms with E-state index in [1.807, 2.05) is 43.3 Å². The molecule has 4 heteroatoms. The maximum atomic E-state index is 11.9. The Labute approximate surface area is 114 Å². The van der Waals surface area contributed by atoms with Crippen molar-refractivity contribution >= 4 is 27.5 Å². The van der Waals surface area contributed by atoms with Gasteiger partial charge < -0.3 is 5.32 Å². The van der Waals surface area contributed by atoms with Gasteiger partial charge in [0.05, 0.1) is 6.42 Å². The van der Waals surface area contributed by atoms with Crippen molar-refractivity contribution in [1.82, 2.24) is 4.98 Å². The first kappa shape index (κ1) is 12.8. The van der Waals surface area contributed by atoms with Crippen LogP contribution in [0.25, 0.3) is 0 Å². The monoisotopic (exact) mass is 304 g/mol. The first-order valence-corrected chi connectivity index (χ1v) is 6.40. The lowest BCUT2D eigenvalue weighted by Gasteiger charge is -2.08. The quantitative estimate of drug-likeness (QED) is 0.945. The van der Waals surface area contributed by atoms with Crippen LogP contribution in [0, 0.1) is 6.92 Å². The molecule has 0 radical (unpaired) electrons. The van der Waals surface area contributed by atoms with Crippen LogP contribution in [0.2, 0.25) is 0 Å². The van der Waals surface area contributed by atoms with Crippen molar-refractivity contribution in [3.05, 3.63) is 58.3 Å². The lowest BCUT2D eigenvalue weighted by Crippen LogP contribution is -2.15. The number of hydrogen-bond acceptors (Lipinski definition) is 2. The summed E-state index contributed by atoms with van der Waals surface area (Å²) in [6, 6.07) is 11.4. The molecule has 0 fully saturated rings. The van der Waals surface area contributed by atoms with Crippen molar-refractivity contribution in [1.29, 1.82) is 0 Å². The molecular weight excluding hydrogens is 292 g/mol. The van der Waals surface area contributed by atoms with E-state index in [1.54, 1.807) is 6.20 Å². The topological polar surface area (TPSA) is 42.0 Å². The maximum absolute atomic E-state index is 11.9. The van der Waals surface area contributed by atoms with Gasteiger partial charge in [0.25, 0.3) is 0 Å². The van der Waals surface area contributed by atoms with Gasteiger partial charge in [-0.25, -0.2) is 0 Å². The molecule has 0 saturated carbocycles. The van der Waals surface area contributed by atoms with Crippen molar-refractivity contribution in [3.8, 4) is 0 Å². The molecule has 1 aromatic carbocycles. The van der Waals surface area contributed by atoms with Gasteiger partial charge in [-0.05, 0) is 36.8 Å². The van der Waals surface area contributed by atoms with Crippen molar-refractivity contribution < 1.29 is 4.79 Å². The third kappa shape index (κ3) is 3.40. The number of aromatic nitrogens is 1. The zero-order chi connectivity index (χ0) is 13.0. The van der Waals surface area contributed by atoms with Gasteiger partial charge in [-0.2, -0.15) is 0 Å². The fraction of sp³-hybridized carbons (Fsp3) is 0.143. The van der Waals surface area contributed by atoms with Crippen LogP contribution in [0.1, 0.15) is 11.3 Å². The lowest BCUT2D eigenvalue weighted by atomic mass is 10.2. The number of carbonyl (C=O) groups excluding carboxylic acids is 1. The number of amides is 1. The third-order valence-electron chi connectivity index (χ3n) is 2.54. The number of nitrogens with one attached hydrogen (secondary N) is 1. The summed E-state index contributed by atoms with van der Waals surface area (Å²) in [7, 11) is 0. The molecule has 18 heavy (non-hydrogen) atoms. The number of benzene rings is 1. The van der Waals surface area contributed by atoms with E-state index in [0.717, 1.165) is 21.4 Å². The SMILES string of the molecule is Cc1ccc(Br)cc1NC(=O)Cc1ccccn1. The minimum Gasteiger partial charge on any atom is -0.325 e. The Morgan fingerprint density at radius 2 is 2.17 bits per heavy atom. The Balaban J connectivity index is 2.05. The molecule has 3 nitrogen and oxygen atoms in total. The molecule has 0 atom stereocenters. The van der Waals surface area contributed by atoms with Crippen LogP contribution >= 0.6 is 15.9 Å². The summed E-state index contributed by atoms with van der Waals surface area (Å²) in [6.07, 6.45) is 1.97. The molecular formula is C14H13BrN2O. The van der Waals surface area contributed by atoms with Crippen LogP contribution < -0.4 is 5.32 Å². The Morgan fingerprint density at radius 3 is 2.89 bits per heavy atom. The van der Waals surface area contributed by atoms with E-state index < -0.39 is 0 Å². The Bertz CT molecular complexity index is 555. The third-order valence-corrected chi connectivity index (χ3v) is 3.03. The molecule has 1 N–H and O–H groups in total. The molecule has 1 aromatic heterocycles. The number of carbonyl (C=O) groups is 1. The summed E-state index contributed by atoms with van der Waals surface area (Å²) in [6.45, 7) is 1.96. The van der Waals surface area contributed by atoms with Crippen LogP contribution in [-0.4, -0.2) is 10.9 Å². The molecule has 0 aliphatic heterocycles. The summed E-state index contributed by atoms with van der Waals surface area (Å²) >= 11 is 3.39. The number of nitrogens with zero attached hydrogens (tertiary/aromatic N) is 1. The number of halogens is 1. The number of aryl methyl sites for hydroxylation is 1. The molecule has 0 bridgehead atoms. The number of rotatable bonds is 3. The highest BCUT2D eigenvalue weighted by Crippen LogP contribution is 2.20. The van der Waals surface area contributed by atoms with Crippen LogP contribution in [0.15, 0.2) is 47.1 Å². The van der Waals surface area contributed by atoms with E-state index in [1.165, 1.54) is 0 Å². The number of pyridine rings is 1. The summed E-state index contributed by atoms with van der Waals surface area (Å²) < 4.78 is 0.946. The maximum Gasteiger partial charge on any atom is 0.230 e. The fourth-order valence-electron chi connectivity index (χ4n) is 1.59. The van der Waals surface area contributed by atoms with E-state index in [0.29, 0.717) is 0 Å². The van der Waals surface area contributed by atoms with E-state index in [4.69, 9.17) is 0 Å². The van der Waals surface area contributed by atoms with Crippen molar-refractivity contribution in [2.45, 2.75) is 13.3 Å². The van der Waals surface area contributed by atoms with Crippen molar-refractivity contribution in [2.24, 2.45) is 0 Å². The molecule has 92 valence electrons. The molecule has 1 amide bonds. The molecule has 2 rings (SSSR count). The van der Waals surface area contributed by atoms with Gasteiger partial charge in [-0.3, -0.25) is 9.78 Å². The van der Waals surface area contributed by atoms with E-state index in [9.17, 15) is 4.79 Å². The standard InChI is InChI=1S/C14H13BrN2O/c1-10-5-6-11(15)8-13(10)17-14(18)9-12-4-2-3-7-16-12/h2-8H,9H2,1H3,(H,17,18). The molecule has 0 aliphatic carbocycles. The van der Waals surface area contributed by atoms with Gasteiger partial charge in [0.1, 0.15) is 0 Å². The predicted molar refractivity (Wildman–Crippen MR) is 75.4 cm³/mol. The van der Waals surface area contributed by atoms with Crippen LogP contribution in [0.5, 0.6) is 0 Å². The minimum absolute atomic E-state index is 0.0603. The Kier molecular flexibility index (Phi) is 4.10. The highest BCUT2D eigenvalue weighted by molar-refractivity contribution is 9.10. The van der Waals surface area contributed by atoms with Gasteiger partial charge >= 0.3 is 0 Å². The largest absolute Gasteiger partial charge is 0.325 e. The molecule has 0 unspecified atom stereocenters. The highest BCUT2D eigenvalue weighted by Gasteiger charge is 2.06. The minimum atomic E-state index is -0.0603. The smallest absolute Gasteiger partial charge is 0.230 e. The average Bonchev–Trinajstić information content (AvgIpc) is 2.35. The van der Waals surface area contributed by atoms with E-state index in [2.05, 4.69) is 26.2 Å². The average molecular weight is 305 g/mol. The van der Waals surface area contributed by atoms with E-state index >= 15 is 0 Å². The van der Waals surface area contributed by atoms with Gasteiger partial charge in [0.15, 0.2) is 0 Å². The van der Waals surface area contributed by atoms with Gasteiger partial charge in [-0.1, -0.05) is 28.1 Å². The second-order valence-corrected chi connectivity index (χ2v) is 4.92. The zero-order valence-corrected chi connectivity index (χ0v) is 11.6. The van der Waals surface area contributed by atoms with Gasteiger partial charge in [-0.15, -0.1) is 0 Å². The Morgan fingerprint density at radius 1 is 1.33 bits per heavy atom. The normalized spacial score (nSPS) is 10.1. The summed E-state index contributed by atoms with van der Waals surface area (Å²) in [4.78, 5) is 16.0. The molecule has 0 saturated heterocycles. The van der Waals surface area contributed by atoms with Crippen LogP contribution in [0.3, 0.4) is 0 Å². The Hall–Kier alpha value is -1.68. The molecule has 1 heterocycles. The summed E-state index contributed by atoms with van der Waals surface area (Å²) in [5.41, 5.74) is 2.63. The van der Waals surface area contributed by atoms with E-state index in [-0.39, 0.29) is 12.3 Å². The summed E-state index contributed by atoms with van der Waals surface area (Å²) in [5, 5.41) is 2.89. The highest BCUT2D eigenvalue weighted by atomic mass is 79.9. The molecule has 2 aromatic rings. The van der Waals surface area contributed by atoms with Crippen LogP contribution in [0.4, 0.5) is 5.69 Å². The molecule has 0 spiro atoms. The zero-order valence-electron chi connectivity index (χ0n) is 9.98. The van der Waals surface area contributed by atoms with Gasteiger partial charge in [0.2, 0.25) is 5.91 Å². The number of hydrogen-bond donors (Lipinski definition) is 1.